The first-order chi connectivity index (χ1) is 16.8. The van der Waals surface area contributed by atoms with Gasteiger partial charge in [-0.2, -0.15) is 5.10 Å². The molecular formula is C26H32N6O3. The Morgan fingerprint density at radius 2 is 1.91 bits per heavy atom. The molecule has 0 atom stereocenters. The molecule has 2 fully saturated rings. The highest BCUT2D eigenvalue weighted by atomic mass is 16.5. The van der Waals surface area contributed by atoms with Crippen molar-refractivity contribution in [1.82, 2.24) is 9.80 Å². The molecule has 1 spiro atoms. The van der Waals surface area contributed by atoms with Gasteiger partial charge in [-0.3, -0.25) is 14.6 Å². The van der Waals surface area contributed by atoms with Crippen molar-refractivity contribution in [3.63, 3.8) is 0 Å². The molecule has 4 rings (SSSR count). The van der Waals surface area contributed by atoms with E-state index >= 15 is 0 Å². The van der Waals surface area contributed by atoms with Crippen molar-refractivity contribution in [2.45, 2.75) is 24.9 Å². The van der Waals surface area contributed by atoms with Crippen LogP contribution >= 0.6 is 0 Å². The van der Waals surface area contributed by atoms with E-state index in [0.717, 1.165) is 35.4 Å². The zero-order valence-electron chi connectivity index (χ0n) is 20.0. The van der Waals surface area contributed by atoms with E-state index in [1.807, 2.05) is 58.3 Å². The Labute approximate surface area is 205 Å². The zero-order valence-corrected chi connectivity index (χ0v) is 20.0. The monoisotopic (exact) mass is 476 g/mol. The van der Waals surface area contributed by atoms with Crippen LogP contribution in [0.3, 0.4) is 0 Å². The van der Waals surface area contributed by atoms with E-state index < -0.39 is 0 Å². The van der Waals surface area contributed by atoms with Crippen molar-refractivity contribution in [3.8, 4) is 5.75 Å². The van der Waals surface area contributed by atoms with Crippen molar-refractivity contribution in [2.24, 2.45) is 16.7 Å². The van der Waals surface area contributed by atoms with Crippen molar-refractivity contribution >= 4 is 29.4 Å². The Bertz CT molecular complexity index is 1120. The van der Waals surface area contributed by atoms with Gasteiger partial charge in [-0.25, -0.2) is 4.79 Å². The Kier molecular flexibility index (Phi) is 7.07. The minimum absolute atomic E-state index is 0.0359. The first-order valence-corrected chi connectivity index (χ1v) is 11.6. The number of carbonyl (C=O) groups excluding carboxylic acids is 2. The van der Waals surface area contributed by atoms with Gasteiger partial charge >= 0.3 is 6.03 Å². The molecule has 0 aliphatic carbocycles. The Morgan fingerprint density at radius 1 is 1.20 bits per heavy atom. The lowest BCUT2D eigenvalue weighted by molar-refractivity contribution is -0.119. The van der Waals surface area contributed by atoms with Crippen LogP contribution in [0, 0.1) is 0 Å². The number of primary amides is 1. The molecule has 2 aliphatic heterocycles. The number of piperidine rings is 1. The molecule has 35 heavy (non-hydrogen) atoms. The van der Waals surface area contributed by atoms with Crippen LogP contribution in [-0.4, -0.2) is 66.8 Å². The normalized spacial score (nSPS) is 17.9. The first-order valence-electron chi connectivity index (χ1n) is 11.6. The summed E-state index contributed by atoms with van der Waals surface area (Å²) in [5, 5.41) is 3.53. The predicted molar refractivity (Wildman–Crippen MR) is 137 cm³/mol. The van der Waals surface area contributed by atoms with Crippen LogP contribution in [0.25, 0.3) is 5.57 Å². The van der Waals surface area contributed by atoms with Crippen LogP contribution in [-0.2, 0) is 11.3 Å². The number of carbonyl (C=O) groups is 2. The molecule has 184 valence electrons. The highest BCUT2D eigenvalue weighted by Gasteiger charge is 2.51. The summed E-state index contributed by atoms with van der Waals surface area (Å²) in [5.74, 6) is 5.66. The fraction of sp³-hybridized carbons (Fsp3) is 0.346. The molecule has 0 unspecified atom stereocenters. The minimum atomic E-state index is -0.344. The van der Waals surface area contributed by atoms with Crippen molar-refractivity contribution < 1.29 is 14.3 Å². The third kappa shape index (κ3) is 5.14. The summed E-state index contributed by atoms with van der Waals surface area (Å²) >= 11 is 0. The first kappa shape index (κ1) is 24.3. The molecule has 0 saturated carbocycles. The second-order valence-electron chi connectivity index (χ2n) is 9.12. The van der Waals surface area contributed by atoms with Gasteiger partial charge in [0.05, 0.1) is 32.0 Å². The number of allylic oxidation sites excluding steroid dienone is 1. The van der Waals surface area contributed by atoms with Crippen LogP contribution in [0.2, 0.25) is 0 Å². The fourth-order valence-electron chi connectivity index (χ4n) is 4.98. The standard InChI is InChI=1S/C26H32N6O3/c1-19(15-29-28)21-6-8-22(9-7-21)31-18-26(10-12-30(13-11-26)17-24(27)33)32(25(31)34)16-20-4-3-5-23(14-20)35-2/h3-9,14-15H,1,10-13,16-18,28H2,2H3,(H2,27,33)/b29-15-. The van der Waals surface area contributed by atoms with Crippen molar-refractivity contribution in [1.29, 1.82) is 0 Å². The van der Waals surface area contributed by atoms with Gasteiger partial charge in [0, 0.05) is 25.3 Å². The Balaban J connectivity index is 1.61. The summed E-state index contributed by atoms with van der Waals surface area (Å²) in [6.07, 6.45) is 3.02. The highest BCUT2D eigenvalue weighted by molar-refractivity contribution is 6.08. The number of hydrogen-bond donors (Lipinski definition) is 2. The van der Waals surface area contributed by atoms with Gasteiger partial charge in [0.15, 0.2) is 0 Å². The maximum Gasteiger partial charge on any atom is 0.325 e. The number of nitrogens with two attached hydrogens (primary N) is 2. The van der Waals surface area contributed by atoms with E-state index in [4.69, 9.17) is 16.3 Å². The van der Waals surface area contributed by atoms with Gasteiger partial charge in [0.25, 0.3) is 0 Å². The lowest BCUT2D eigenvalue weighted by atomic mass is 9.86. The summed E-state index contributed by atoms with van der Waals surface area (Å²) < 4.78 is 5.38. The highest BCUT2D eigenvalue weighted by Crippen LogP contribution is 2.39. The molecule has 9 nitrogen and oxygen atoms in total. The second kappa shape index (κ2) is 10.2. The van der Waals surface area contributed by atoms with Crippen LogP contribution in [0.5, 0.6) is 5.75 Å². The minimum Gasteiger partial charge on any atom is -0.497 e. The van der Waals surface area contributed by atoms with Crippen LogP contribution in [0.4, 0.5) is 10.5 Å². The van der Waals surface area contributed by atoms with Crippen molar-refractivity contribution in [2.75, 3.05) is 38.2 Å². The number of ether oxygens (including phenoxy) is 1. The molecule has 2 saturated heterocycles. The number of amides is 3. The molecule has 2 heterocycles. The second-order valence-corrected chi connectivity index (χ2v) is 9.12. The summed E-state index contributed by atoms with van der Waals surface area (Å²) in [5.41, 5.74) is 8.48. The number of nitrogens with zero attached hydrogens (tertiary/aromatic N) is 4. The number of methoxy groups -OCH3 is 1. The maximum absolute atomic E-state index is 13.8. The third-order valence-corrected chi connectivity index (χ3v) is 6.91. The lowest BCUT2D eigenvalue weighted by Crippen LogP contribution is -2.55. The maximum atomic E-state index is 13.8. The van der Waals surface area contributed by atoms with E-state index in [-0.39, 0.29) is 24.0 Å². The molecule has 4 N–H and O–H groups in total. The lowest BCUT2D eigenvalue weighted by Gasteiger charge is -2.43. The van der Waals surface area contributed by atoms with E-state index in [2.05, 4.69) is 16.6 Å². The van der Waals surface area contributed by atoms with Crippen molar-refractivity contribution in [3.05, 3.63) is 66.2 Å². The van der Waals surface area contributed by atoms with E-state index in [1.165, 1.54) is 6.21 Å². The number of benzene rings is 2. The largest absolute Gasteiger partial charge is 0.497 e. The SMILES string of the molecule is C=C(/C=N\N)c1ccc(N2CC3(CCN(CC(N)=O)CC3)N(Cc3cccc(OC)c3)C2=O)cc1. The molecule has 0 aromatic heterocycles. The molecular weight excluding hydrogens is 444 g/mol. The molecule has 3 amide bonds. The van der Waals surface area contributed by atoms with Gasteiger partial charge in [-0.15, -0.1) is 0 Å². The average Bonchev–Trinajstić information content (AvgIpc) is 3.12. The summed E-state index contributed by atoms with van der Waals surface area (Å²) in [6.45, 7) is 6.66. The van der Waals surface area contributed by atoms with E-state index in [9.17, 15) is 9.59 Å². The molecule has 0 radical (unpaired) electrons. The zero-order chi connectivity index (χ0) is 25.0. The van der Waals surface area contributed by atoms with E-state index in [0.29, 0.717) is 31.8 Å². The molecule has 0 bridgehead atoms. The summed E-state index contributed by atoms with van der Waals surface area (Å²) in [7, 11) is 1.63. The van der Waals surface area contributed by atoms with Crippen LogP contribution in [0.15, 0.2) is 60.2 Å². The fourth-order valence-corrected chi connectivity index (χ4v) is 4.98. The average molecular weight is 477 g/mol. The number of anilines is 1. The molecule has 2 aromatic carbocycles. The summed E-state index contributed by atoms with van der Waals surface area (Å²) in [6, 6.07) is 15.4. The molecule has 9 heteroatoms. The smallest absolute Gasteiger partial charge is 0.325 e. The third-order valence-electron chi connectivity index (χ3n) is 6.91. The van der Waals surface area contributed by atoms with Crippen LogP contribution in [0.1, 0.15) is 24.0 Å². The van der Waals surface area contributed by atoms with E-state index in [1.54, 1.807) is 7.11 Å². The number of likely N-dealkylation sites (tertiary alicyclic amines) is 1. The summed E-state index contributed by atoms with van der Waals surface area (Å²) in [4.78, 5) is 31.1. The van der Waals surface area contributed by atoms with Gasteiger partial charge in [0.2, 0.25) is 5.91 Å². The van der Waals surface area contributed by atoms with Gasteiger partial charge in [0.1, 0.15) is 5.75 Å². The van der Waals surface area contributed by atoms with Gasteiger partial charge in [-0.05, 0) is 53.8 Å². The number of hydrazone groups is 1. The Morgan fingerprint density at radius 3 is 2.54 bits per heavy atom. The predicted octanol–water partition coefficient (Wildman–Crippen LogP) is 2.42. The number of hydrogen-bond acceptors (Lipinski definition) is 6. The topological polar surface area (TPSA) is 117 Å². The van der Waals surface area contributed by atoms with Gasteiger partial charge < -0.3 is 21.2 Å². The molecule has 2 aromatic rings. The van der Waals surface area contributed by atoms with Gasteiger partial charge in [-0.1, -0.05) is 30.8 Å². The number of urea groups is 1. The number of rotatable bonds is 8. The molecule has 2 aliphatic rings. The Hall–Kier alpha value is -3.85. The van der Waals surface area contributed by atoms with Crippen LogP contribution < -0.4 is 21.2 Å². The quantitative estimate of drug-likeness (QED) is 0.345.